The van der Waals surface area contributed by atoms with Crippen LogP contribution in [0.15, 0.2) is 53.4 Å². The van der Waals surface area contributed by atoms with Crippen LogP contribution in [0, 0.1) is 19.7 Å². The molecule has 1 fully saturated rings. The molecular weight excluding hydrogens is 427 g/mol. The van der Waals surface area contributed by atoms with Gasteiger partial charge in [0.15, 0.2) is 0 Å². The predicted molar refractivity (Wildman–Crippen MR) is 115 cm³/mol. The Bertz CT molecular complexity index is 1150. The van der Waals surface area contributed by atoms with E-state index >= 15 is 0 Å². The number of anilines is 1. The van der Waals surface area contributed by atoms with Crippen LogP contribution in [-0.2, 0) is 10.0 Å². The van der Waals surface area contributed by atoms with Gasteiger partial charge >= 0.3 is 0 Å². The number of hydrogen-bond acceptors (Lipinski definition) is 4. The molecule has 0 spiro atoms. The first kappa shape index (κ1) is 20.8. The van der Waals surface area contributed by atoms with Crippen molar-refractivity contribution in [2.45, 2.75) is 18.7 Å². The van der Waals surface area contributed by atoms with Gasteiger partial charge in [0.2, 0.25) is 10.0 Å². The molecule has 2 aromatic carbocycles. The Hall–Kier alpha value is -2.42. The second kappa shape index (κ2) is 8.02. The number of aromatic nitrogens is 2. The van der Waals surface area contributed by atoms with Crippen molar-refractivity contribution >= 4 is 27.3 Å². The van der Waals surface area contributed by atoms with Crippen LogP contribution in [0.3, 0.4) is 0 Å². The summed E-state index contributed by atoms with van der Waals surface area (Å²) in [5, 5.41) is 5.08. The minimum atomic E-state index is -3.70. The lowest BCUT2D eigenvalue weighted by Crippen LogP contribution is -2.48. The Morgan fingerprint density at radius 2 is 1.47 bits per heavy atom. The van der Waals surface area contributed by atoms with Gasteiger partial charge in [-0.25, -0.2) is 17.5 Å². The Morgan fingerprint density at radius 1 is 0.900 bits per heavy atom. The monoisotopic (exact) mass is 448 g/mol. The molecule has 0 unspecified atom stereocenters. The molecule has 0 N–H and O–H groups in total. The maximum atomic E-state index is 13.4. The summed E-state index contributed by atoms with van der Waals surface area (Å²) in [6, 6.07) is 13.4. The topological polar surface area (TPSA) is 58.4 Å². The SMILES string of the molecule is Cc1nn(-c2ccc(F)cc2)c(C)c1S(=O)(=O)N1CCN(c2ccc(Cl)cc2)CC1. The van der Waals surface area contributed by atoms with E-state index in [9.17, 15) is 12.8 Å². The number of rotatable bonds is 4. The van der Waals surface area contributed by atoms with Crippen molar-refractivity contribution in [2.75, 3.05) is 31.1 Å². The molecule has 6 nitrogen and oxygen atoms in total. The lowest BCUT2D eigenvalue weighted by molar-refractivity contribution is 0.384. The van der Waals surface area contributed by atoms with Crippen LogP contribution in [0.5, 0.6) is 0 Å². The standard InChI is InChI=1S/C21H22ClFN4O2S/c1-15-21(16(2)27(24-15)20-9-5-18(23)6-10-20)30(28,29)26-13-11-25(12-14-26)19-7-3-17(22)4-8-19/h3-10H,11-14H2,1-2H3. The largest absolute Gasteiger partial charge is 0.369 e. The second-order valence-electron chi connectivity index (χ2n) is 7.26. The van der Waals surface area contributed by atoms with Gasteiger partial charge in [-0.1, -0.05) is 11.6 Å². The fourth-order valence-corrected chi connectivity index (χ4v) is 5.71. The molecule has 9 heteroatoms. The second-order valence-corrected chi connectivity index (χ2v) is 9.57. The molecular formula is C21H22ClFN4O2S. The molecule has 0 saturated carbocycles. The van der Waals surface area contributed by atoms with Gasteiger partial charge in [0, 0.05) is 36.9 Å². The van der Waals surface area contributed by atoms with Crippen LogP contribution >= 0.6 is 11.6 Å². The predicted octanol–water partition coefficient (Wildman–Crippen LogP) is 3.79. The summed E-state index contributed by atoms with van der Waals surface area (Å²) in [6.45, 7) is 5.34. The number of hydrogen-bond donors (Lipinski definition) is 0. The first-order valence-electron chi connectivity index (χ1n) is 9.60. The van der Waals surface area contributed by atoms with Crippen LogP contribution < -0.4 is 4.90 Å². The summed E-state index contributed by atoms with van der Waals surface area (Å²) in [5.41, 5.74) is 2.58. The van der Waals surface area contributed by atoms with Crippen LogP contribution in [0.25, 0.3) is 5.69 Å². The van der Waals surface area contributed by atoms with Gasteiger partial charge in [-0.3, -0.25) is 0 Å². The molecule has 1 aliphatic rings. The number of nitrogens with zero attached hydrogens (tertiary/aromatic N) is 4. The number of piperazine rings is 1. The molecule has 1 aromatic heterocycles. The molecule has 0 atom stereocenters. The lowest BCUT2D eigenvalue weighted by atomic mass is 10.2. The zero-order valence-corrected chi connectivity index (χ0v) is 18.3. The summed E-state index contributed by atoms with van der Waals surface area (Å²) in [4.78, 5) is 2.36. The van der Waals surface area contributed by atoms with Gasteiger partial charge in [0.25, 0.3) is 0 Å². The fourth-order valence-electron chi connectivity index (χ4n) is 3.80. The van der Waals surface area contributed by atoms with Crippen LogP contribution in [0.2, 0.25) is 5.02 Å². The first-order valence-corrected chi connectivity index (χ1v) is 11.4. The van der Waals surface area contributed by atoms with Gasteiger partial charge < -0.3 is 4.90 Å². The maximum absolute atomic E-state index is 13.4. The molecule has 3 aromatic rings. The van der Waals surface area contributed by atoms with Crippen molar-refractivity contribution in [1.82, 2.24) is 14.1 Å². The van der Waals surface area contributed by atoms with E-state index in [2.05, 4.69) is 10.00 Å². The van der Waals surface area contributed by atoms with Gasteiger partial charge in [0.1, 0.15) is 10.7 Å². The zero-order chi connectivity index (χ0) is 21.5. The molecule has 0 bridgehead atoms. The van der Waals surface area contributed by atoms with E-state index in [-0.39, 0.29) is 10.7 Å². The van der Waals surface area contributed by atoms with Gasteiger partial charge in [-0.2, -0.15) is 9.40 Å². The number of aryl methyl sites for hydroxylation is 1. The fraction of sp³-hybridized carbons (Fsp3) is 0.286. The summed E-state index contributed by atoms with van der Waals surface area (Å²) >= 11 is 5.95. The average Bonchev–Trinajstić information content (AvgIpc) is 3.04. The van der Waals surface area contributed by atoms with E-state index < -0.39 is 10.0 Å². The van der Waals surface area contributed by atoms with Crippen LogP contribution in [0.4, 0.5) is 10.1 Å². The van der Waals surface area contributed by atoms with E-state index in [0.29, 0.717) is 48.3 Å². The normalized spacial score (nSPS) is 15.5. The molecule has 158 valence electrons. The van der Waals surface area contributed by atoms with Crippen molar-refractivity contribution < 1.29 is 12.8 Å². The maximum Gasteiger partial charge on any atom is 0.246 e. The van der Waals surface area contributed by atoms with Crippen LogP contribution in [0.1, 0.15) is 11.4 Å². The number of benzene rings is 2. The quantitative estimate of drug-likeness (QED) is 0.609. The highest BCUT2D eigenvalue weighted by Crippen LogP contribution is 2.27. The van der Waals surface area contributed by atoms with E-state index in [1.54, 1.807) is 30.7 Å². The van der Waals surface area contributed by atoms with Gasteiger partial charge in [-0.05, 0) is 62.4 Å². The summed E-state index contributed by atoms with van der Waals surface area (Å²) < 4.78 is 43.1. The van der Waals surface area contributed by atoms with Crippen molar-refractivity contribution in [3.05, 3.63) is 70.8 Å². The highest BCUT2D eigenvalue weighted by molar-refractivity contribution is 7.89. The Morgan fingerprint density at radius 3 is 2.07 bits per heavy atom. The first-order chi connectivity index (χ1) is 14.3. The van der Waals surface area contributed by atoms with Crippen molar-refractivity contribution in [3.63, 3.8) is 0 Å². The van der Waals surface area contributed by atoms with Crippen LogP contribution in [-0.4, -0.2) is 48.7 Å². The minimum Gasteiger partial charge on any atom is -0.369 e. The summed E-state index contributed by atoms with van der Waals surface area (Å²) in [5.74, 6) is -0.355. The highest BCUT2D eigenvalue weighted by atomic mass is 35.5. The lowest BCUT2D eigenvalue weighted by Gasteiger charge is -2.35. The third-order valence-corrected chi connectivity index (χ3v) is 7.73. The summed E-state index contributed by atoms with van der Waals surface area (Å²) in [6.07, 6.45) is 0. The molecule has 0 radical (unpaired) electrons. The molecule has 0 amide bonds. The Balaban J connectivity index is 1.57. The van der Waals surface area contributed by atoms with E-state index in [4.69, 9.17) is 11.6 Å². The van der Waals surface area contributed by atoms with Gasteiger partial charge in [-0.15, -0.1) is 0 Å². The molecule has 30 heavy (non-hydrogen) atoms. The van der Waals surface area contributed by atoms with E-state index in [1.807, 2.05) is 24.3 Å². The smallest absolute Gasteiger partial charge is 0.246 e. The third-order valence-electron chi connectivity index (χ3n) is 5.32. The van der Waals surface area contributed by atoms with Gasteiger partial charge in [0.05, 0.1) is 17.1 Å². The molecule has 1 aliphatic heterocycles. The molecule has 1 saturated heterocycles. The number of halogens is 2. The average molecular weight is 449 g/mol. The van der Waals surface area contributed by atoms with E-state index in [0.717, 1.165) is 5.69 Å². The molecule has 0 aliphatic carbocycles. The minimum absolute atomic E-state index is 0.215. The molecule has 2 heterocycles. The van der Waals surface area contributed by atoms with Crippen molar-refractivity contribution in [1.29, 1.82) is 0 Å². The Labute approximate surface area is 180 Å². The Kier molecular flexibility index (Phi) is 5.57. The zero-order valence-electron chi connectivity index (χ0n) is 16.7. The van der Waals surface area contributed by atoms with Crippen molar-refractivity contribution in [3.8, 4) is 5.69 Å². The third kappa shape index (κ3) is 3.82. The van der Waals surface area contributed by atoms with Crippen molar-refractivity contribution in [2.24, 2.45) is 0 Å². The van der Waals surface area contributed by atoms with E-state index in [1.165, 1.54) is 16.4 Å². The summed E-state index contributed by atoms with van der Waals surface area (Å²) in [7, 11) is -3.70. The molecule has 4 rings (SSSR count). The number of sulfonamides is 1. The highest BCUT2D eigenvalue weighted by Gasteiger charge is 2.33.